The van der Waals surface area contributed by atoms with E-state index in [2.05, 4.69) is 16.0 Å². The van der Waals surface area contributed by atoms with Gasteiger partial charge in [0.05, 0.1) is 0 Å². The molecule has 0 saturated heterocycles. The third-order valence-corrected chi connectivity index (χ3v) is 4.54. The predicted molar refractivity (Wildman–Crippen MR) is 118 cm³/mol. The molecule has 3 aromatic carbocycles. The SMILES string of the molecule is CC(=O)Nc1cccc(N[C@@H](C(=O)Nc2cc(C)ccc2C)c2ccccc2)c1. The lowest BCUT2D eigenvalue weighted by Crippen LogP contribution is -2.27. The van der Waals surface area contributed by atoms with Crippen molar-refractivity contribution < 1.29 is 9.59 Å². The number of hydrogen-bond acceptors (Lipinski definition) is 3. The minimum Gasteiger partial charge on any atom is -0.370 e. The van der Waals surface area contributed by atoms with Gasteiger partial charge in [0.25, 0.3) is 5.91 Å². The van der Waals surface area contributed by atoms with Crippen LogP contribution in [0.15, 0.2) is 72.8 Å². The Bertz CT molecular complexity index is 1020. The van der Waals surface area contributed by atoms with E-state index in [1.165, 1.54) is 6.92 Å². The van der Waals surface area contributed by atoms with E-state index in [1.54, 1.807) is 6.07 Å². The Kier molecular flexibility index (Phi) is 6.29. The summed E-state index contributed by atoms with van der Waals surface area (Å²) in [4.78, 5) is 24.5. The van der Waals surface area contributed by atoms with Gasteiger partial charge in [0.1, 0.15) is 6.04 Å². The lowest BCUT2D eigenvalue weighted by molar-refractivity contribution is -0.117. The number of aryl methyl sites for hydroxylation is 2. The van der Waals surface area contributed by atoms with E-state index < -0.39 is 6.04 Å². The molecule has 0 aliphatic rings. The molecule has 0 aromatic heterocycles. The molecular weight excluding hydrogens is 362 g/mol. The zero-order chi connectivity index (χ0) is 20.8. The smallest absolute Gasteiger partial charge is 0.251 e. The lowest BCUT2D eigenvalue weighted by atomic mass is 10.0. The molecule has 0 aliphatic heterocycles. The number of hydrogen-bond donors (Lipinski definition) is 3. The first kappa shape index (κ1) is 20.1. The first-order valence-corrected chi connectivity index (χ1v) is 9.49. The average Bonchev–Trinajstić information content (AvgIpc) is 2.69. The van der Waals surface area contributed by atoms with Crippen LogP contribution in [0.2, 0.25) is 0 Å². The fraction of sp³-hybridized carbons (Fsp3) is 0.167. The molecule has 148 valence electrons. The predicted octanol–water partition coefficient (Wildman–Crippen LogP) is 5.05. The number of amides is 2. The Morgan fingerprint density at radius 1 is 0.793 bits per heavy atom. The summed E-state index contributed by atoms with van der Waals surface area (Å²) >= 11 is 0. The second kappa shape index (κ2) is 9.06. The van der Waals surface area contributed by atoms with Gasteiger partial charge in [-0.25, -0.2) is 0 Å². The normalized spacial score (nSPS) is 11.4. The Morgan fingerprint density at radius 3 is 2.24 bits per heavy atom. The monoisotopic (exact) mass is 387 g/mol. The lowest BCUT2D eigenvalue weighted by Gasteiger charge is -2.21. The maximum Gasteiger partial charge on any atom is 0.251 e. The second-order valence-corrected chi connectivity index (χ2v) is 7.06. The summed E-state index contributed by atoms with van der Waals surface area (Å²) in [5.41, 5.74) is 5.14. The van der Waals surface area contributed by atoms with E-state index in [-0.39, 0.29) is 11.8 Å². The van der Waals surface area contributed by atoms with E-state index >= 15 is 0 Å². The molecular formula is C24H25N3O2. The molecule has 0 bridgehead atoms. The van der Waals surface area contributed by atoms with Gasteiger partial charge in [-0.3, -0.25) is 9.59 Å². The van der Waals surface area contributed by atoms with Gasteiger partial charge < -0.3 is 16.0 Å². The summed E-state index contributed by atoms with van der Waals surface area (Å²) in [5.74, 6) is -0.302. The molecule has 29 heavy (non-hydrogen) atoms. The van der Waals surface area contributed by atoms with Crippen LogP contribution >= 0.6 is 0 Å². The van der Waals surface area contributed by atoms with E-state index in [0.29, 0.717) is 5.69 Å². The van der Waals surface area contributed by atoms with Crippen molar-refractivity contribution in [1.29, 1.82) is 0 Å². The standard InChI is InChI=1S/C24H25N3O2/c1-16-12-13-17(2)22(14-16)27-24(29)23(19-8-5-4-6-9-19)26-21-11-7-10-20(15-21)25-18(3)28/h4-15,23,26H,1-3H3,(H,25,28)(H,27,29)/t23-/m1/s1. The molecule has 2 amide bonds. The van der Waals surface area contributed by atoms with Crippen LogP contribution in [0.1, 0.15) is 29.7 Å². The van der Waals surface area contributed by atoms with Gasteiger partial charge in [0.2, 0.25) is 5.91 Å². The second-order valence-electron chi connectivity index (χ2n) is 7.06. The summed E-state index contributed by atoms with van der Waals surface area (Å²) in [5, 5.41) is 9.11. The van der Waals surface area contributed by atoms with Gasteiger partial charge in [-0.2, -0.15) is 0 Å². The largest absolute Gasteiger partial charge is 0.370 e. The molecule has 0 spiro atoms. The molecule has 0 heterocycles. The van der Waals surface area contributed by atoms with Crippen LogP contribution in [0.4, 0.5) is 17.1 Å². The molecule has 3 aromatic rings. The molecule has 0 aliphatic carbocycles. The summed E-state index contributed by atoms with van der Waals surface area (Å²) in [7, 11) is 0. The zero-order valence-corrected chi connectivity index (χ0v) is 16.8. The van der Waals surface area contributed by atoms with Crippen LogP contribution in [-0.2, 0) is 9.59 Å². The minimum atomic E-state index is -0.594. The first-order chi connectivity index (χ1) is 13.9. The van der Waals surface area contributed by atoms with Gasteiger partial charge in [-0.05, 0) is 54.8 Å². The van der Waals surface area contributed by atoms with Crippen molar-refractivity contribution in [2.75, 3.05) is 16.0 Å². The van der Waals surface area contributed by atoms with Crippen LogP contribution in [-0.4, -0.2) is 11.8 Å². The molecule has 0 unspecified atom stereocenters. The van der Waals surface area contributed by atoms with Crippen LogP contribution in [0.25, 0.3) is 0 Å². The summed E-state index contributed by atoms with van der Waals surface area (Å²) in [6, 6.07) is 22.3. The van der Waals surface area contributed by atoms with Crippen molar-refractivity contribution in [3.8, 4) is 0 Å². The van der Waals surface area contributed by atoms with Crippen LogP contribution in [0, 0.1) is 13.8 Å². The quantitative estimate of drug-likeness (QED) is 0.554. The topological polar surface area (TPSA) is 70.2 Å². The highest BCUT2D eigenvalue weighted by molar-refractivity contribution is 5.98. The number of carbonyl (C=O) groups excluding carboxylic acids is 2. The Morgan fingerprint density at radius 2 is 1.52 bits per heavy atom. The van der Waals surface area contributed by atoms with Gasteiger partial charge in [-0.1, -0.05) is 48.5 Å². The van der Waals surface area contributed by atoms with Gasteiger partial charge in [0, 0.05) is 24.0 Å². The highest BCUT2D eigenvalue weighted by atomic mass is 16.2. The molecule has 3 N–H and O–H groups in total. The van der Waals surface area contributed by atoms with E-state index in [1.807, 2.05) is 80.6 Å². The van der Waals surface area contributed by atoms with Crippen molar-refractivity contribution in [1.82, 2.24) is 0 Å². The molecule has 0 saturated carbocycles. The molecule has 1 atom stereocenters. The Hall–Kier alpha value is -3.60. The third-order valence-electron chi connectivity index (χ3n) is 4.54. The highest BCUT2D eigenvalue weighted by Gasteiger charge is 2.21. The molecule has 5 nitrogen and oxygen atoms in total. The number of anilines is 3. The Balaban J connectivity index is 1.88. The van der Waals surface area contributed by atoms with Gasteiger partial charge in [-0.15, -0.1) is 0 Å². The summed E-state index contributed by atoms with van der Waals surface area (Å²) < 4.78 is 0. The van der Waals surface area contributed by atoms with Crippen molar-refractivity contribution in [2.45, 2.75) is 26.8 Å². The van der Waals surface area contributed by atoms with Gasteiger partial charge in [0.15, 0.2) is 0 Å². The van der Waals surface area contributed by atoms with Crippen molar-refractivity contribution in [3.63, 3.8) is 0 Å². The zero-order valence-electron chi connectivity index (χ0n) is 16.8. The third kappa shape index (κ3) is 5.45. The summed E-state index contributed by atoms with van der Waals surface area (Å²) in [6.45, 7) is 5.43. The van der Waals surface area contributed by atoms with E-state index in [9.17, 15) is 9.59 Å². The fourth-order valence-corrected chi connectivity index (χ4v) is 3.08. The van der Waals surface area contributed by atoms with Crippen molar-refractivity contribution in [3.05, 3.63) is 89.5 Å². The van der Waals surface area contributed by atoms with E-state index in [4.69, 9.17) is 0 Å². The van der Waals surface area contributed by atoms with Crippen molar-refractivity contribution >= 4 is 28.9 Å². The maximum absolute atomic E-state index is 13.2. The highest BCUT2D eigenvalue weighted by Crippen LogP contribution is 2.25. The van der Waals surface area contributed by atoms with Crippen LogP contribution < -0.4 is 16.0 Å². The molecule has 0 radical (unpaired) electrons. The first-order valence-electron chi connectivity index (χ1n) is 9.49. The number of benzene rings is 3. The molecule has 3 rings (SSSR count). The molecule has 5 heteroatoms. The number of nitrogens with one attached hydrogen (secondary N) is 3. The number of carbonyl (C=O) groups is 2. The number of rotatable bonds is 6. The fourth-order valence-electron chi connectivity index (χ4n) is 3.08. The summed E-state index contributed by atoms with van der Waals surface area (Å²) in [6.07, 6.45) is 0. The van der Waals surface area contributed by atoms with Gasteiger partial charge >= 0.3 is 0 Å². The molecule has 0 fully saturated rings. The van der Waals surface area contributed by atoms with Crippen LogP contribution in [0.5, 0.6) is 0 Å². The maximum atomic E-state index is 13.2. The Labute approximate surface area is 171 Å². The minimum absolute atomic E-state index is 0.144. The van der Waals surface area contributed by atoms with E-state index in [0.717, 1.165) is 28.1 Å². The average molecular weight is 387 g/mol. The van der Waals surface area contributed by atoms with Crippen LogP contribution in [0.3, 0.4) is 0 Å². The van der Waals surface area contributed by atoms with Crippen molar-refractivity contribution in [2.24, 2.45) is 0 Å².